The van der Waals surface area contributed by atoms with Crippen LogP contribution in [0.4, 0.5) is 0 Å². The molecule has 2 rings (SSSR count). The van der Waals surface area contributed by atoms with E-state index in [4.69, 9.17) is 0 Å². The molecule has 2 atom stereocenters. The van der Waals surface area contributed by atoms with Gasteiger partial charge in [0, 0.05) is 5.41 Å². The second kappa shape index (κ2) is 8.95. The van der Waals surface area contributed by atoms with Crippen molar-refractivity contribution in [3.8, 4) is 12.1 Å². The van der Waals surface area contributed by atoms with Crippen molar-refractivity contribution in [1.82, 2.24) is 10.6 Å². The van der Waals surface area contributed by atoms with E-state index in [2.05, 4.69) is 23.6 Å². The molecule has 1 aliphatic rings. The predicted molar refractivity (Wildman–Crippen MR) is 109 cm³/mol. The van der Waals surface area contributed by atoms with E-state index in [1.54, 1.807) is 13.8 Å². The molecule has 2 N–H and O–H groups in total. The minimum atomic E-state index is -0.938. The zero-order chi connectivity index (χ0) is 20.9. The van der Waals surface area contributed by atoms with Crippen LogP contribution >= 0.6 is 11.8 Å². The highest BCUT2D eigenvalue weighted by molar-refractivity contribution is 8.03. The monoisotopic (exact) mass is 396 g/mol. The van der Waals surface area contributed by atoms with Gasteiger partial charge in [0.15, 0.2) is 0 Å². The summed E-state index contributed by atoms with van der Waals surface area (Å²) in [5, 5.41) is 24.6. The van der Waals surface area contributed by atoms with Gasteiger partial charge >= 0.3 is 0 Å². The molecule has 1 aromatic carbocycles. The predicted octanol–water partition coefficient (Wildman–Crippen LogP) is 3.19. The molecule has 1 aromatic rings. The average Bonchev–Trinajstić information content (AvgIpc) is 2.66. The Hall–Kier alpha value is -2.77. The molecule has 1 heterocycles. The number of nitrogens with one attached hydrogen (secondary N) is 2. The van der Waals surface area contributed by atoms with Gasteiger partial charge in [0.05, 0.1) is 34.5 Å². The van der Waals surface area contributed by atoms with E-state index in [0.717, 1.165) is 23.7 Å². The highest BCUT2D eigenvalue weighted by atomic mass is 32.2. The van der Waals surface area contributed by atoms with Crippen LogP contribution in [0.25, 0.3) is 0 Å². The van der Waals surface area contributed by atoms with Crippen LogP contribution in [0.5, 0.6) is 0 Å². The average molecular weight is 397 g/mol. The molecule has 0 aliphatic carbocycles. The van der Waals surface area contributed by atoms with Crippen molar-refractivity contribution in [3.63, 3.8) is 0 Å². The van der Waals surface area contributed by atoms with Crippen molar-refractivity contribution in [1.29, 1.82) is 10.5 Å². The molecule has 0 radical (unpaired) electrons. The Kier molecular flexibility index (Phi) is 6.88. The van der Waals surface area contributed by atoms with E-state index in [0.29, 0.717) is 10.6 Å². The van der Waals surface area contributed by atoms with E-state index < -0.39 is 17.2 Å². The fourth-order valence-electron chi connectivity index (χ4n) is 3.08. The third-order valence-corrected chi connectivity index (χ3v) is 5.95. The smallest absolute Gasteiger partial charge is 0.243 e. The summed E-state index contributed by atoms with van der Waals surface area (Å²) in [7, 11) is 0. The topological polar surface area (TPSA) is 106 Å². The summed E-state index contributed by atoms with van der Waals surface area (Å²) in [4.78, 5) is 24.5. The van der Waals surface area contributed by atoms with E-state index in [1.807, 2.05) is 37.3 Å². The van der Waals surface area contributed by atoms with E-state index in [-0.39, 0.29) is 17.7 Å². The van der Waals surface area contributed by atoms with Gasteiger partial charge in [-0.2, -0.15) is 10.5 Å². The number of nitriles is 2. The number of thioether (sulfide) groups is 1. The zero-order valence-corrected chi connectivity index (χ0v) is 17.3. The Morgan fingerprint density at radius 2 is 1.96 bits per heavy atom. The van der Waals surface area contributed by atoms with Crippen LogP contribution < -0.4 is 10.6 Å². The number of aryl methyl sites for hydroxylation is 1. The third kappa shape index (κ3) is 4.55. The fourth-order valence-corrected chi connectivity index (χ4v) is 4.07. The Balaban J connectivity index is 2.04. The Bertz CT molecular complexity index is 875. The molecule has 0 fully saturated rings. The molecule has 6 nitrogen and oxygen atoms in total. The minimum absolute atomic E-state index is 0.0610. The highest BCUT2D eigenvalue weighted by Crippen LogP contribution is 2.41. The summed E-state index contributed by atoms with van der Waals surface area (Å²) in [5.41, 5.74) is 1.66. The van der Waals surface area contributed by atoms with Gasteiger partial charge in [0.2, 0.25) is 11.8 Å². The van der Waals surface area contributed by atoms with Crippen LogP contribution in [-0.4, -0.2) is 17.6 Å². The van der Waals surface area contributed by atoms with Gasteiger partial charge in [-0.25, -0.2) is 0 Å². The number of hydrogen-bond acceptors (Lipinski definition) is 5. The lowest BCUT2D eigenvalue weighted by Crippen LogP contribution is -2.44. The second-order valence-corrected chi connectivity index (χ2v) is 8.25. The Morgan fingerprint density at radius 3 is 2.50 bits per heavy atom. The summed E-state index contributed by atoms with van der Waals surface area (Å²) in [6.45, 7) is 7.39. The molecule has 0 aromatic heterocycles. The second-order valence-electron chi connectivity index (χ2n) is 7.26. The van der Waals surface area contributed by atoms with Gasteiger partial charge in [-0.15, -0.1) is 0 Å². The van der Waals surface area contributed by atoms with Gasteiger partial charge in [0.25, 0.3) is 0 Å². The number of amides is 2. The SMILES string of the molecule is CCc1ccc([C@@H](C)NC(=O)CSC2=C(C#N)C(C)(C)[C@@H](C#N)C(=O)N2)cc1. The maximum atomic E-state index is 12.3. The van der Waals surface area contributed by atoms with Crippen LogP contribution in [0.3, 0.4) is 0 Å². The van der Waals surface area contributed by atoms with Gasteiger partial charge in [-0.05, 0) is 24.5 Å². The lowest BCUT2D eigenvalue weighted by atomic mass is 9.72. The van der Waals surface area contributed by atoms with Crippen molar-refractivity contribution >= 4 is 23.6 Å². The number of nitrogens with zero attached hydrogens (tertiary/aromatic N) is 2. The van der Waals surface area contributed by atoms with Gasteiger partial charge < -0.3 is 10.6 Å². The summed E-state index contributed by atoms with van der Waals surface area (Å²) < 4.78 is 0. The van der Waals surface area contributed by atoms with E-state index >= 15 is 0 Å². The number of hydrogen-bond donors (Lipinski definition) is 2. The van der Waals surface area contributed by atoms with Crippen LogP contribution in [-0.2, 0) is 16.0 Å². The molecule has 0 spiro atoms. The standard InChI is InChI=1S/C21H24N4O2S/c1-5-14-6-8-15(9-7-14)13(2)24-18(26)12-28-20-17(11-23)21(3,4)16(10-22)19(27)25-20/h6-9,13,16H,5,12H2,1-4H3,(H,24,26)(H,25,27)/t13-,16+/m1/s1. The first-order chi connectivity index (χ1) is 13.2. The number of benzene rings is 1. The first kappa shape index (κ1) is 21.5. The molecule has 1 aliphatic heterocycles. The zero-order valence-electron chi connectivity index (χ0n) is 16.5. The van der Waals surface area contributed by atoms with Crippen LogP contribution in [0, 0.1) is 34.0 Å². The molecule has 2 amide bonds. The highest BCUT2D eigenvalue weighted by Gasteiger charge is 2.44. The molecule has 0 saturated carbocycles. The Morgan fingerprint density at radius 1 is 1.32 bits per heavy atom. The normalized spacial score (nSPS) is 19.2. The fraction of sp³-hybridized carbons (Fsp3) is 0.429. The van der Waals surface area contributed by atoms with Gasteiger partial charge in [-0.3, -0.25) is 9.59 Å². The minimum Gasteiger partial charge on any atom is -0.349 e. The molecule has 0 unspecified atom stereocenters. The number of carbonyl (C=O) groups excluding carboxylic acids is 2. The largest absolute Gasteiger partial charge is 0.349 e. The Labute approximate surface area is 170 Å². The van der Waals surface area contributed by atoms with Gasteiger partial charge in [-0.1, -0.05) is 56.8 Å². The third-order valence-electron chi connectivity index (χ3n) is 4.95. The maximum absolute atomic E-state index is 12.3. The first-order valence-corrected chi connectivity index (χ1v) is 10.1. The maximum Gasteiger partial charge on any atom is 0.243 e. The lowest BCUT2D eigenvalue weighted by molar-refractivity contribution is -0.125. The first-order valence-electron chi connectivity index (χ1n) is 9.10. The van der Waals surface area contributed by atoms with E-state index in [9.17, 15) is 20.1 Å². The van der Waals surface area contributed by atoms with Crippen molar-refractivity contribution in [2.45, 2.75) is 40.2 Å². The van der Waals surface area contributed by atoms with Crippen LogP contribution in [0.1, 0.15) is 44.9 Å². The molecule has 146 valence electrons. The molecule has 28 heavy (non-hydrogen) atoms. The summed E-state index contributed by atoms with van der Waals surface area (Å²) >= 11 is 1.10. The van der Waals surface area contributed by atoms with E-state index in [1.165, 1.54) is 5.56 Å². The van der Waals surface area contributed by atoms with Crippen molar-refractivity contribution in [2.75, 3.05) is 5.75 Å². The van der Waals surface area contributed by atoms with Gasteiger partial charge in [0.1, 0.15) is 5.92 Å². The number of carbonyl (C=O) groups is 2. The molecule has 7 heteroatoms. The number of allylic oxidation sites excluding steroid dienone is 1. The summed E-state index contributed by atoms with van der Waals surface area (Å²) in [5.74, 6) is -1.52. The lowest BCUT2D eigenvalue weighted by Gasteiger charge is -2.34. The molecule has 0 saturated heterocycles. The molecule has 0 bridgehead atoms. The van der Waals surface area contributed by atoms with Crippen LogP contribution in [0.2, 0.25) is 0 Å². The quantitative estimate of drug-likeness (QED) is 0.768. The summed E-state index contributed by atoms with van der Waals surface area (Å²) in [6.07, 6.45) is 0.961. The number of rotatable bonds is 6. The summed E-state index contributed by atoms with van der Waals surface area (Å²) in [6, 6.07) is 12.0. The van der Waals surface area contributed by atoms with Crippen molar-refractivity contribution in [3.05, 3.63) is 46.0 Å². The van der Waals surface area contributed by atoms with Crippen LogP contribution in [0.15, 0.2) is 34.9 Å². The van der Waals surface area contributed by atoms with Crippen molar-refractivity contribution < 1.29 is 9.59 Å². The van der Waals surface area contributed by atoms with Crippen molar-refractivity contribution in [2.24, 2.45) is 11.3 Å². The molecular weight excluding hydrogens is 372 g/mol. The molecular formula is C21H24N4O2S.